The lowest BCUT2D eigenvalue weighted by Gasteiger charge is -2.34. The van der Waals surface area contributed by atoms with Crippen LogP contribution in [0.3, 0.4) is 0 Å². The van der Waals surface area contributed by atoms with Gasteiger partial charge in [-0.2, -0.15) is 0 Å². The van der Waals surface area contributed by atoms with E-state index in [2.05, 4.69) is 15.2 Å². The molecule has 30 heavy (non-hydrogen) atoms. The minimum absolute atomic E-state index is 0.0996. The Bertz CT molecular complexity index is 1150. The number of H-pyrrole nitrogens is 1. The number of piperidine rings is 1. The summed E-state index contributed by atoms with van der Waals surface area (Å²) in [5.74, 6) is 0.0150. The summed E-state index contributed by atoms with van der Waals surface area (Å²) < 4.78 is 0. The molecule has 1 atom stereocenters. The Morgan fingerprint density at radius 1 is 1.10 bits per heavy atom. The van der Waals surface area contributed by atoms with Crippen molar-refractivity contribution < 1.29 is 4.79 Å². The lowest BCUT2D eigenvalue weighted by atomic mass is 9.94. The number of benzene rings is 2. The van der Waals surface area contributed by atoms with Crippen LogP contribution in [0.25, 0.3) is 22.0 Å². The number of carbonyl (C=O) groups excluding carboxylic acids is 1. The van der Waals surface area contributed by atoms with Crippen molar-refractivity contribution in [3.8, 4) is 11.1 Å². The molecular weight excluding hydrogens is 398 g/mol. The normalized spacial score (nSPS) is 19.1. The predicted octanol–water partition coefficient (Wildman–Crippen LogP) is 4.34. The number of nitrogens with zero attached hydrogens (tertiary/aromatic N) is 1. The highest BCUT2D eigenvalue weighted by Crippen LogP contribution is 2.37. The van der Waals surface area contributed by atoms with E-state index in [9.17, 15) is 9.59 Å². The maximum atomic E-state index is 13.2. The summed E-state index contributed by atoms with van der Waals surface area (Å²) in [7, 11) is 0. The molecule has 0 bridgehead atoms. The van der Waals surface area contributed by atoms with Gasteiger partial charge < -0.3 is 15.2 Å². The van der Waals surface area contributed by atoms with Gasteiger partial charge in [-0.05, 0) is 49.4 Å². The zero-order valence-electron chi connectivity index (χ0n) is 16.7. The minimum atomic E-state index is -0.132. The first-order valence-electron chi connectivity index (χ1n) is 10.6. The number of fused-ring (bicyclic) bond motifs is 1. The van der Waals surface area contributed by atoms with E-state index in [0.29, 0.717) is 23.3 Å². The standard InChI is InChI=1S/C24H24ClN3O2/c25-17-8-11-20-19(13-17)21(15-5-2-1-3-6-15)22(24(30)27-20)28-12-4-7-16(14-28)23(29)26-18-9-10-18/h1-3,5-6,8,11,13,16,18H,4,7,9-10,12,14H2,(H,26,29)(H,27,30)/t16-/m1/s1. The number of pyridine rings is 1. The van der Waals surface area contributed by atoms with Crippen LogP contribution in [-0.2, 0) is 4.79 Å². The summed E-state index contributed by atoms with van der Waals surface area (Å²) >= 11 is 6.32. The summed E-state index contributed by atoms with van der Waals surface area (Å²) in [6, 6.07) is 15.8. The van der Waals surface area contributed by atoms with Crippen LogP contribution in [0.15, 0.2) is 53.3 Å². The average molecular weight is 422 g/mol. The molecule has 2 aromatic carbocycles. The molecule has 0 radical (unpaired) electrons. The maximum Gasteiger partial charge on any atom is 0.272 e. The second-order valence-electron chi connectivity index (χ2n) is 8.30. The number of aromatic nitrogens is 1. The van der Waals surface area contributed by atoms with Gasteiger partial charge in [-0.25, -0.2) is 0 Å². The fourth-order valence-electron chi connectivity index (χ4n) is 4.39. The Hall–Kier alpha value is -2.79. The first kappa shape index (κ1) is 19.2. The van der Waals surface area contributed by atoms with E-state index in [1.54, 1.807) is 6.07 Å². The van der Waals surface area contributed by atoms with Crippen molar-refractivity contribution in [2.75, 3.05) is 18.0 Å². The molecule has 2 aliphatic rings. The van der Waals surface area contributed by atoms with Crippen molar-refractivity contribution in [1.82, 2.24) is 10.3 Å². The molecule has 6 heteroatoms. The molecule has 2 heterocycles. The molecule has 2 fully saturated rings. The van der Waals surface area contributed by atoms with Gasteiger partial charge in [0, 0.05) is 40.6 Å². The number of halogens is 1. The van der Waals surface area contributed by atoms with Crippen LogP contribution >= 0.6 is 11.6 Å². The Balaban J connectivity index is 1.62. The number of nitrogens with one attached hydrogen (secondary N) is 2. The number of anilines is 1. The average Bonchev–Trinajstić information content (AvgIpc) is 3.58. The van der Waals surface area contributed by atoms with Crippen LogP contribution in [0.1, 0.15) is 25.7 Å². The minimum Gasteiger partial charge on any atom is -0.366 e. The van der Waals surface area contributed by atoms with Crippen molar-refractivity contribution in [2.45, 2.75) is 31.7 Å². The summed E-state index contributed by atoms with van der Waals surface area (Å²) in [5, 5.41) is 4.66. The fraction of sp³-hybridized carbons (Fsp3) is 0.333. The van der Waals surface area contributed by atoms with Gasteiger partial charge in [0.15, 0.2) is 0 Å². The van der Waals surface area contributed by atoms with Crippen LogP contribution in [-0.4, -0.2) is 30.0 Å². The third-order valence-corrected chi connectivity index (χ3v) is 6.28. The lowest BCUT2D eigenvalue weighted by molar-refractivity contribution is -0.125. The summed E-state index contributed by atoms with van der Waals surface area (Å²) in [5.41, 5.74) is 3.09. The van der Waals surface area contributed by atoms with E-state index in [1.807, 2.05) is 42.5 Å². The van der Waals surface area contributed by atoms with Gasteiger partial charge in [0.2, 0.25) is 5.91 Å². The molecule has 1 aliphatic heterocycles. The highest BCUT2D eigenvalue weighted by molar-refractivity contribution is 6.31. The van der Waals surface area contributed by atoms with E-state index in [1.165, 1.54) is 0 Å². The number of hydrogen-bond donors (Lipinski definition) is 2. The molecule has 1 amide bonds. The van der Waals surface area contributed by atoms with E-state index < -0.39 is 0 Å². The summed E-state index contributed by atoms with van der Waals surface area (Å²) in [4.78, 5) is 31.0. The van der Waals surface area contributed by atoms with Crippen molar-refractivity contribution in [2.24, 2.45) is 5.92 Å². The maximum absolute atomic E-state index is 13.2. The Morgan fingerprint density at radius 2 is 1.90 bits per heavy atom. The topological polar surface area (TPSA) is 65.2 Å². The van der Waals surface area contributed by atoms with E-state index in [0.717, 1.165) is 54.3 Å². The lowest BCUT2D eigenvalue weighted by Crippen LogP contribution is -2.45. The van der Waals surface area contributed by atoms with Crippen LogP contribution in [0.2, 0.25) is 5.02 Å². The van der Waals surface area contributed by atoms with E-state index in [-0.39, 0.29) is 17.4 Å². The van der Waals surface area contributed by atoms with E-state index in [4.69, 9.17) is 11.6 Å². The first-order chi connectivity index (χ1) is 14.6. The molecule has 2 N–H and O–H groups in total. The largest absolute Gasteiger partial charge is 0.366 e. The SMILES string of the molecule is O=C(NC1CC1)[C@@H]1CCCN(c2c(-c3ccccc3)c3cc(Cl)ccc3[nH]c2=O)C1. The van der Waals surface area contributed by atoms with Gasteiger partial charge in [0.25, 0.3) is 5.56 Å². The molecule has 0 spiro atoms. The Morgan fingerprint density at radius 3 is 2.67 bits per heavy atom. The molecule has 1 aliphatic carbocycles. The van der Waals surface area contributed by atoms with E-state index >= 15 is 0 Å². The second kappa shape index (κ2) is 7.80. The molecule has 1 saturated carbocycles. The number of amides is 1. The van der Waals surface area contributed by atoms with Crippen molar-refractivity contribution in [1.29, 1.82) is 0 Å². The highest BCUT2D eigenvalue weighted by atomic mass is 35.5. The molecular formula is C24H24ClN3O2. The number of carbonyl (C=O) groups is 1. The van der Waals surface area contributed by atoms with Crippen LogP contribution in [0.5, 0.6) is 0 Å². The van der Waals surface area contributed by atoms with Gasteiger partial charge in [-0.3, -0.25) is 9.59 Å². The van der Waals surface area contributed by atoms with Crippen molar-refractivity contribution >= 4 is 34.1 Å². The van der Waals surface area contributed by atoms with Gasteiger partial charge >= 0.3 is 0 Å². The highest BCUT2D eigenvalue weighted by Gasteiger charge is 2.32. The molecule has 1 aromatic heterocycles. The second-order valence-corrected chi connectivity index (χ2v) is 8.74. The molecule has 5 rings (SSSR count). The molecule has 3 aromatic rings. The Kier molecular flexibility index (Phi) is 4.99. The van der Waals surface area contributed by atoms with Crippen molar-refractivity contribution in [3.05, 3.63) is 63.9 Å². The van der Waals surface area contributed by atoms with Gasteiger partial charge in [-0.1, -0.05) is 41.9 Å². The number of hydrogen-bond acceptors (Lipinski definition) is 3. The third-order valence-electron chi connectivity index (χ3n) is 6.05. The van der Waals surface area contributed by atoms with Gasteiger partial charge in [-0.15, -0.1) is 0 Å². The third kappa shape index (κ3) is 3.70. The molecule has 154 valence electrons. The van der Waals surface area contributed by atoms with Crippen LogP contribution in [0.4, 0.5) is 5.69 Å². The summed E-state index contributed by atoms with van der Waals surface area (Å²) in [6.07, 6.45) is 3.88. The quantitative estimate of drug-likeness (QED) is 0.658. The van der Waals surface area contributed by atoms with Crippen LogP contribution < -0.4 is 15.8 Å². The molecule has 1 saturated heterocycles. The number of aromatic amines is 1. The zero-order valence-corrected chi connectivity index (χ0v) is 17.4. The zero-order chi connectivity index (χ0) is 20.7. The van der Waals surface area contributed by atoms with Crippen LogP contribution in [0, 0.1) is 5.92 Å². The van der Waals surface area contributed by atoms with Gasteiger partial charge in [0.05, 0.1) is 5.92 Å². The summed E-state index contributed by atoms with van der Waals surface area (Å²) in [6.45, 7) is 1.30. The monoisotopic (exact) mass is 421 g/mol. The molecule has 5 nitrogen and oxygen atoms in total. The number of rotatable bonds is 4. The van der Waals surface area contributed by atoms with Gasteiger partial charge in [0.1, 0.15) is 5.69 Å². The molecule has 0 unspecified atom stereocenters. The predicted molar refractivity (Wildman–Crippen MR) is 121 cm³/mol. The smallest absolute Gasteiger partial charge is 0.272 e. The first-order valence-corrected chi connectivity index (χ1v) is 10.9. The Labute approximate surface area is 180 Å². The fourth-order valence-corrected chi connectivity index (χ4v) is 4.57. The van der Waals surface area contributed by atoms with Crippen molar-refractivity contribution in [3.63, 3.8) is 0 Å².